The summed E-state index contributed by atoms with van der Waals surface area (Å²) in [7, 11) is 0. The molecule has 1 aliphatic heterocycles. The number of carbonyl (C=O) groups is 1. The molecule has 0 spiro atoms. The maximum Gasteiger partial charge on any atom is 0.411 e. The second-order valence-electron chi connectivity index (χ2n) is 7.28. The van der Waals surface area contributed by atoms with Gasteiger partial charge in [-0.1, -0.05) is 51.2 Å². The van der Waals surface area contributed by atoms with Crippen LogP contribution in [0.15, 0.2) is 24.3 Å². The van der Waals surface area contributed by atoms with Crippen molar-refractivity contribution in [1.29, 1.82) is 0 Å². The molecule has 0 bridgehead atoms. The zero-order valence-electron chi connectivity index (χ0n) is 16.9. The molecule has 1 aromatic rings. The van der Waals surface area contributed by atoms with Crippen LogP contribution in [0.25, 0.3) is 0 Å². The van der Waals surface area contributed by atoms with Gasteiger partial charge in [0.05, 0.1) is 18.9 Å². The van der Waals surface area contributed by atoms with Crippen LogP contribution in [0.5, 0.6) is 5.75 Å². The quantitative estimate of drug-likeness (QED) is 0.492. The number of likely N-dealkylation sites (tertiary alicyclic amines) is 1. The molecule has 0 saturated carbocycles. The van der Waals surface area contributed by atoms with Crippen molar-refractivity contribution < 1.29 is 14.3 Å². The van der Waals surface area contributed by atoms with Crippen molar-refractivity contribution in [3.05, 3.63) is 24.3 Å². The van der Waals surface area contributed by atoms with E-state index in [0.717, 1.165) is 19.4 Å². The van der Waals surface area contributed by atoms with E-state index in [1.165, 1.54) is 58.0 Å². The van der Waals surface area contributed by atoms with E-state index >= 15 is 0 Å². The summed E-state index contributed by atoms with van der Waals surface area (Å²) in [6.45, 7) is 6.69. The lowest BCUT2D eigenvalue weighted by atomic mass is 10.1. The predicted octanol–water partition coefficient (Wildman–Crippen LogP) is 5.46. The number of rotatable bonds is 12. The first-order chi connectivity index (χ1) is 13.3. The minimum atomic E-state index is -0.410. The largest absolute Gasteiger partial charge is 0.491 e. The molecule has 0 aromatic heterocycles. The fourth-order valence-corrected chi connectivity index (χ4v) is 3.37. The van der Waals surface area contributed by atoms with E-state index in [9.17, 15) is 4.79 Å². The van der Waals surface area contributed by atoms with E-state index in [4.69, 9.17) is 9.47 Å². The standard InChI is InChI=1S/C22H36N2O3/c1-2-3-4-5-11-18-26-21-14-8-7-13-20(21)23-22(25)27-19-12-17-24-15-9-6-10-16-24/h7-8,13-14H,2-6,9-12,15-19H2,1H3,(H,23,25). The van der Waals surface area contributed by atoms with Crippen LogP contribution in [0.4, 0.5) is 10.5 Å². The van der Waals surface area contributed by atoms with Crippen LogP contribution in [0.3, 0.4) is 0 Å². The lowest BCUT2D eigenvalue weighted by molar-refractivity contribution is 0.148. The number of piperidine rings is 1. The van der Waals surface area contributed by atoms with Gasteiger partial charge in [-0.05, 0) is 50.9 Å². The van der Waals surface area contributed by atoms with Crippen LogP contribution in [0.2, 0.25) is 0 Å². The van der Waals surface area contributed by atoms with Gasteiger partial charge in [-0.3, -0.25) is 5.32 Å². The summed E-state index contributed by atoms with van der Waals surface area (Å²) in [6, 6.07) is 7.54. The third kappa shape index (κ3) is 9.14. The Morgan fingerprint density at radius 1 is 1.00 bits per heavy atom. The Labute approximate surface area is 164 Å². The Balaban J connectivity index is 1.63. The molecule has 1 amide bonds. The Hall–Kier alpha value is -1.75. The molecule has 1 heterocycles. The second-order valence-corrected chi connectivity index (χ2v) is 7.28. The summed E-state index contributed by atoms with van der Waals surface area (Å²) in [5, 5.41) is 2.81. The van der Waals surface area contributed by atoms with Crippen LogP contribution >= 0.6 is 0 Å². The van der Waals surface area contributed by atoms with Crippen LogP contribution in [-0.4, -0.2) is 43.8 Å². The van der Waals surface area contributed by atoms with Gasteiger partial charge >= 0.3 is 6.09 Å². The van der Waals surface area contributed by atoms with E-state index in [1.54, 1.807) is 0 Å². The van der Waals surface area contributed by atoms with Crippen molar-refractivity contribution in [3.8, 4) is 5.75 Å². The van der Waals surface area contributed by atoms with E-state index in [1.807, 2.05) is 24.3 Å². The van der Waals surface area contributed by atoms with Gasteiger partial charge in [-0.25, -0.2) is 4.79 Å². The van der Waals surface area contributed by atoms with Crippen molar-refractivity contribution in [1.82, 2.24) is 4.90 Å². The molecule has 0 atom stereocenters. The van der Waals surface area contributed by atoms with Gasteiger partial charge in [0, 0.05) is 6.54 Å². The summed E-state index contributed by atoms with van der Waals surface area (Å²) >= 11 is 0. The number of anilines is 1. The number of benzene rings is 1. The molecule has 0 unspecified atom stereocenters. The second kappa shape index (κ2) is 13.4. The fraction of sp³-hybridized carbons (Fsp3) is 0.682. The predicted molar refractivity (Wildman–Crippen MR) is 111 cm³/mol. The highest BCUT2D eigenvalue weighted by Gasteiger charge is 2.11. The van der Waals surface area contributed by atoms with Gasteiger partial charge < -0.3 is 14.4 Å². The maximum atomic E-state index is 12.1. The number of nitrogens with zero attached hydrogens (tertiary/aromatic N) is 1. The smallest absolute Gasteiger partial charge is 0.411 e. The van der Waals surface area contributed by atoms with E-state index < -0.39 is 6.09 Å². The molecule has 1 aliphatic rings. The molecule has 0 aliphatic carbocycles. The van der Waals surface area contributed by atoms with Crippen LogP contribution in [0.1, 0.15) is 64.7 Å². The molecule has 2 rings (SSSR count). The van der Waals surface area contributed by atoms with Gasteiger partial charge in [0.1, 0.15) is 5.75 Å². The summed E-state index contributed by atoms with van der Waals surface area (Å²) < 4.78 is 11.2. The summed E-state index contributed by atoms with van der Waals surface area (Å²) in [5.74, 6) is 0.707. The fourth-order valence-electron chi connectivity index (χ4n) is 3.37. The first-order valence-electron chi connectivity index (χ1n) is 10.7. The maximum absolute atomic E-state index is 12.1. The van der Waals surface area contributed by atoms with Crippen LogP contribution in [-0.2, 0) is 4.74 Å². The number of unbranched alkanes of at least 4 members (excludes halogenated alkanes) is 4. The zero-order chi connectivity index (χ0) is 19.2. The summed E-state index contributed by atoms with van der Waals surface area (Å²) in [6.07, 6.45) is 10.4. The van der Waals surface area contributed by atoms with E-state index in [-0.39, 0.29) is 0 Å². The first kappa shape index (κ1) is 21.5. The van der Waals surface area contributed by atoms with Crippen LogP contribution in [0, 0.1) is 0 Å². The van der Waals surface area contributed by atoms with Gasteiger partial charge in [0.15, 0.2) is 0 Å². The topological polar surface area (TPSA) is 50.8 Å². The van der Waals surface area contributed by atoms with Crippen molar-refractivity contribution in [2.75, 3.05) is 38.2 Å². The molecular weight excluding hydrogens is 340 g/mol. The lowest BCUT2D eigenvalue weighted by Gasteiger charge is -2.26. The minimum Gasteiger partial charge on any atom is -0.491 e. The molecule has 0 radical (unpaired) electrons. The first-order valence-corrected chi connectivity index (χ1v) is 10.7. The van der Waals surface area contributed by atoms with Gasteiger partial charge in [0.25, 0.3) is 0 Å². The number of amides is 1. The molecule has 5 heteroatoms. The lowest BCUT2D eigenvalue weighted by Crippen LogP contribution is -2.31. The van der Waals surface area contributed by atoms with Crippen molar-refractivity contribution in [3.63, 3.8) is 0 Å². The Morgan fingerprint density at radius 3 is 2.59 bits per heavy atom. The molecular formula is C22H36N2O3. The molecule has 152 valence electrons. The monoisotopic (exact) mass is 376 g/mol. The molecule has 1 aromatic carbocycles. The summed E-state index contributed by atoms with van der Waals surface area (Å²) in [4.78, 5) is 14.5. The molecule has 1 fully saturated rings. The highest BCUT2D eigenvalue weighted by molar-refractivity contribution is 5.86. The highest BCUT2D eigenvalue weighted by Crippen LogP contribution is 2.24. The molecule has 1 N–H and O–H groups in total. The van der Waals surface area contributed by atoms with E-state index in [2.05, 4.69) is 17.1 Å². The number of carbonyl (C=O) groups excluding carboxylic acids is 1. The third-order valence-corrected chi connectivity index (χ3v) is 4.93. The number of para-hydroxylation sites is 2. The zero-order valence-corrected chi connectivity index (χ0v) is 16.9. The Bertz CT molecular complexity index is 530. The number of ether oxygens (including phenoxy) is 2. The molecule has 5 nitrogen and oxygen atoms in total. The average molecular weight is 377 g/mol. The summed E-state index contributed by atoms with van der Waals surface area (Å²) in [5.41, 5.74) is 0.673. The van der Waals surface area contributed by atoms with Gasteiger partial charge in [-0.15, -0.1) is 0 Å². The van der Waals surface area contributed by atoms with Gasteiger partial charge in [-0.2, -0.15) is 0 Å². The average Bonchev–Trinajstić information content (AvgIpc) is 2.70. The number of hydrogen-bond acceptors (Lipinski definition) is 4. The van der Waals surface area contributed by atoms with Crippen LogP contribution < -0.4 is 10.1 Å². The normalized spacial score (nSPS) is 14.7. The number of nitrogens with one attached hydrogen (secondary N) is 1. The third-order valence-electron chi connectivity index (χ3n) is 4.93. The number of hydrogen-bond donors (Lipinski definition) is 1. The minimum absolute atomic E-state index is 0.410. The van der Waals surface area contributed by atoms with Gasteiger partial charge in [0.2, 0.25) is 0 Å². The SMILES string of the molecule is CCCCCCCOc1ccccc1NC(=O)OCCCN1CCCCC1. The van der Waals surface area contributed by atoms with Crippen molar-refractivity contribution in [2.45, 2.75) is 64.7 Å². The Morgan fingerprint density at radius 2 is 1.78 bits per heavy atom. The van der Waals surface area contributed by atoms with Crippen molar-refractivity contribution >= 4 is 11.8 Å². The molecule has 27 heavy (non-hydrogen) atoms. The highest BCUT2D eigenvalue weighted by atomic mass is 16.5. The molecule has 1 saturated heterocycles. The van der Waals surface area contributed by atoms with E-state index in [0.29, 0.717) is 24.7 Å². The van der Waals surface area contributed by atoms with Crippen molar-refractivity contribution in [2.24, 2.45) is 0 Å². The Kier molecular flexibility index (Phi) is 10.7.